The molecule has 0 saturated carbocycles. The average molecular weight is 266 g/mol. The molecule has 0 spiro atoms. The predicted molar refractivity (Wildman–Crippen MR) is 82.5 cm³/mol. The van der Waals surface area contributed by atoms with Gasteiger partial charge in [0.2, 0.25) is 0 Å². The molecule has 0 amide bonds. The summed E-state index contributed by atoms with van der Waals surface area (Å²) in [6, 6.07) is 21.3. The molecule has 1 fully saturated rings. The van der Waals surface area contributed by atoms with Crippen LogP contribution in [0.5, 0.6) is 0 Å². The van der Waals surface area contributed by atoms with E-state index in [0.717, 1.165) is 6.42 Å². The molecule has 0 radical (unpaired) electrons. The van der Waals surface area contributed by atoms with E-state index in [-0.39, 0.29) is 11.2 Å². The van der Waals surface area contributed by atoms with Crippen molar-refractivity contribution in [2.24, 2.45) is 0 Å². The lowest BCUT2D eigenvalue weighted by molar-refractivity contribution is 0.259. The minimum atomic E-state index is -0.190. The average Bonchev–Trinajstić information content (AvgIpc) is 3.15. The summed E-state index contributed by atoms with van der Waals surface area (Å²) in [5, 5.41) is 0. The molecule has 104 valence electrons. The van der Waals surface area contributed by atoms with Crippen LogP contribution in [0.4, 0.5) is 0 Å². The first-order valence-corrected chi connectivity index (χ1v) is 7.54. The quantitative estimate of drug-likeness (QED) is 0.692. The van der Waals surface area contributed by atoms with Crippen LogP contribution in [0.1, 0.15) is 44.2 Å². The summed E-state index contributed by atoms with van der Waals surface area (Å²) in [4.78, 5) is 0. The van der Waals surface area contributed by atoms with Crippen molar-refractivity contribution in [1.82, 2.24) is 0 Å². The minimum absolute atomic E-state index is 0.147. The fourth-order valence-electron chi connectivity index (χ4n) is 3.27. The number of benzene rings is 2. The summed E-state index contributed by atoms with van der Waals surface area (Å²) in [5.74, 6) is 0. The number of hydrogen-bond donors (Lipinski definition) is 0. The van der Waals surface area contributed by atoms with Crippen molar-refractivity contribution in [3.8, 4) is 0 Å². The molecule has 2 atom stereocenters. The van der Waals surface area contributed by atoms with E-state index in [1.54, 1.807) is 0 Å². The molecule has 0 bridgehead atoms. The van der Waals surface area contributed by atoms with Gasteiger partial charge in [0, 0.05) is 0 Å². The molecule has 20 heavy (non-hydrogen) atoms. The molecule has 1 heterocycles. The van der Waals surface area contributed by atoms with Gasteiger partial charge in [-0.15, -0.1) is 0 Å². The van der Waals surface area contributed by atoms with Crippen LogP contribution in [0.3, 0.4) is 0 Å². The van der Waals surface area contributed by atoms with E-state index in [2.05, 4.69) is 74.5 Å². The molecule has 1 heteroatoms. The van der Waals surface area contributed by atoms with Crippen LogP contribution in [0, 0.1) is 0 Å². The molecular formula is C19H22O. The molecule has 0 N–H and O–H groups in total. The van der Waals surface area contributed by atoms with Crippen LogP contribution in [0.25, 0.3) is 0 Å². The third-order valence-corrected chi connectivity index (χ3v) is 4.55. The minimum Gasteiger partial charge on any atom is -0.353 e. The summed E-state index contributed by atoms with van der Waals surface area (Å²) >= 11 is 0. The fourth-order valence-corrected chi connectivity index (χ4v) is 3.27. The predicted octanol–water partition coefficient (Wildman–Crippen LogP) is 5.02. The van der Waals surface area contributed by atoms with Gasteiger partial charge in [-0.05, 0) is 24.5 Å². The molecule has 1 aliphatic rings. The zero-order valence-corrected chi connectivity index (χ0v) is 12.3. The van der Waals surface area contributed by atoms with Crippen LogP contribution >= 0.6 is 0 Å². The molecule has 1 aliphatic heterocycles. The summed E-state index contributed by atoms with van der Waals surface area (Å²) in [5.41, 5.74) is 2.25. The van der Waals surface area contributed by atoms with Gasteiger partial charge < -0.3 is 4.74 Å². The second-order valence-electron chi connectivity index (χ2n) is 5.80. The third kappa shape index (κ3) is 1.97. The molecule has 2 aromatic carbocycles. The van der Waals surface area contributed by atoms with Gasteiger partial charge in [0.15, 0.2) is 0 Å². The Kier molecular flexibility index (Phi) is 3.39. The lowest BCUT2D eigenvalue weighted by Gasteiger charge is -2.18. The fraction of sp³-hybridized carbons (Fsp3) is 0.368. The lowest BCUT2D eigenvalue weighted by Crippen LogP contribution is -2.20. The van der Waals surface area contributed by atoms with Gasteiger partial charge in [-0.25, -0.2) is 0 Å². The van der Waals surface area contributed by atoms with Gasteiger partial charge in [0.05, 0.1) is 0 Å². The number of unbranched alkanes of at least 4 members (excludes halogenated alkanes) is 1. The van der Waals surface area contributed by atoms with Gasteiger partial charge in [-0.3, -0.25) is 0 Å². The van der Waals surface area contributed by atoms with Crippen molar-refractivity contribution in [3.05, 3.63) is 71.8 Å². The zero-order chi connectivity index (χ0) is 14.1. The Hall–Kier alpha value is -1.60. The van der Waals surface area contributed by atoms with E-state index in [0.29, 0.717) is 0 Å². The zero-order valence-electron chi connectivity index (χ0n) is 12.3. The number of epoxide rings is 1. The molecule has 1 nitrogen and oxygen atoms in total. The first-order chi connectivity index (χ1) is 9.73. The van der Waals surface area contributed by atoms with Gasteiger partial charge in [0.25, 0.3) is 0 Å². The Labute approximate surface area is 121 Å². The van der Waals surface area contributed by atoms with Crippen molar-refractivity contribution in [2.75, 3.05) is 0 Å². The lowest BCUT2D eigenvalue weighted by atomic mass is 9.80. The largest absolute Gasteiger partial charge is 0.353 e. The molecular weight excluding hydrogens is 244 g/mol. The highest BCUT2D eigenvalue weighted by Crippen LogP contribution is 2.64. The Bertz CT molecular complexity index is 563. The summed E-state index contributed by atoms with van der Waals surface area (Å²) in [6.07, 6.45) is 3.47. The topological polar surface area (TPSA) is 12.5 Å². The van der Waals surface area contributed by atoms with E-state index in [4.69, 9.17) is 4.74 Å². The van der Waals surface area contributed by atoms with Gasteiger partial charge in [0.1, 0.15) is 11.2 Å². The third-order valence-electron chi connectivity index (χ3n) is 4.55. The van der Waals surface area contributed by atoms with Crippen LogP contribution < -0.4 is 0 Å². The van der Waals surface area contributed by atoms with Gasteiger partial charge in [-0.2, -0.15) is 0 Å². The first kappa shape index (κ1) is 13.4. The Morgan fingerprint density at radius 1 is 0.850 bits per heavy atom. The molecule has 2 unspecified atom stereocenters. The standard InChI is InChI=1S/C19H22O/c1-3-4-15-19(17-13-9-6-10-14-17)18(2,20-19)16-11-7-5-8-12-16/h5-14H,3-4,15H2,1-2H3. The van der Waals surface area contributed by atoms with E-state index in [9.17, 15) is 0 Å². The van der Waals surface area contributed by atoms with E-state index >= 15 is 0 Å². The van der Waals surface area contributed by atoms with Crippen molar-refractivity contribution < 1.29 is 4.74 Å². The highest BCUT2D eigenvalue weighted by atomic mass is 16.6. The van der Waals surface area contributed by atoms with Gasteiger partial charge >= 0.3 is 0 Å². The first-order valence-electron chi connectivity index (χ1n) is 7.54. The van der Waals surface area contributed by atoms with Gasteiger partial charge in [-0.1, -0.05) is 80.4 Å². The monoisotopic (exact) mass is 266 g/mol. The maximum atomic E-state index is 6.37. The molecule has 2 aromatic rings. The highest BCUT2D eigenvalue weighted by Gasteiger charge is 2.67. The second kappa shape index (κ2) is 5.06. The maximum absolute atomic E-state index is 6.37. The maximum Gasteiger partial charge on any atom is 0.127 e. The smallest absolute Gasteiger partial charge is 0.127 e. The van der Waals surface area contributed by atoms with Crippen LogP contribution in [-0.4, -0.2) is 0 Å². The molecule has 0 aliphatic carbocycles. The molecule has 0 aromatic heterocycles. The molecule has 3 rings (SSSR count). The van der Waals surface area contributed by atoms with Crippen molar-refractivity contribution in [1.29, 1.82) is 0 Å². The molecule has 1 saturated heterocycles. The van der Waals surface area contributed by atoms with E-state index in [1.165, 1.54) is 24.0 Å². The number of rotatable bonds is 5. The number of hydrogen-bond acceptors (Lipinski definition) is 1. The normalized spacial score (nSPS) is 28.3. The summed E-state index contributed by atoms with van der Waals surface area (Å²) in [7, 11) is 0. The Morgan fingerprint density at radius 2 is 1.40 bits per heavy atom. The van der Waals surface area contributed by atoms with Crippen LogP contribution in [0.15, 0.2) is 60.7 Å². The SMILES string of the molecule is CCCCC1(c2ccccc2)OC1(C)c1ccccc1. The van der Waals surface area contributed by atoms with E-state index in [1.807, 2.05) is 0 Å². The highest BCUT2D eigenvalue weighted by molar-refractivity contribution is 5.40. The van der Waals surface area contributed by atoms with Crippen molar-refractivity contribution in [2.45, 2.75) is 44.3 Å². The Morgan fingerprint density at radius 3 is 1.95 bits per heavy atom. The van der Waals surface area contributed by atoms with Crippen LogP contribution in [-0.2, 0) is 15.9 Å². The summed E-state index contributed by atoms with van der Waals surface area (Å²) in [6.45, 7) is 4.46. The Balaban J connectivity index is 1.99. The second-order valence-corrected chi connectivity index (χ2v) is 5.80. The van der Waals surface area contributed by atoms with Crippen molar-refractivity contribution in [3.63, 3.8) is 0 Å². The van der Waals surface area contributed by atoms with E-state index < -0.39 is 0 Å². The number of ether oxygens (including phenoxy) is 1. The summed E-state index contributed by atoms with van der Waals surface area (Å²) < 4.78 is 6.37. The van der Waals surface area contributed by atoms with Crippen LogP contribution in [0.2, 0.25) is 0 Å². The van der Waals surface area contributed by atoms with Crippen molar-refractivity contribution >= 4 is 0 Å².